The molecular weight excluding hydrogens is 280 g/mol. The number of carboxylic acids is 1. The lowest BCUT2D eigenvalue weighted by Gasteiger charge is -2.08. The molecule has 2 aromatic carbocycles. The van der Waals surface area contributed by atoms with Crippen molar-refractivity contribution in [2.24, 2.45) is 0 Å². The van der Waals surface area contributed by atoms with Crippen LogP contribution in [0.1, 0.15) is 21.5 Å². The molecule has 0 aliphatic carbocycles. The number of hydrogen-bond acceptors (Lipinski definition) is 3. The lowest BCUT2D eigenvalue weighted by Crippen LogP contribution is -2.03. The quantitative estimate of drug-likeness (QED) is 0.938. The summed E-state index contributed by atoms with van der Waals surface area (Å²) in [5.41, 5.74) is 0.0845. The average molecular weight is 289 g/mol. The minimum absolute atomic E-state index is 0.0725. The largest absolute Gasteiger partial charge is 0.486 e. The number of rotatable bonds is 4. The summed E-state index contributed by atoms with van der Waals surface area (Å²) in [4.78, 5) is 10.7. The molecule has 0 aromatic heterocycles. The Bertz CT molecular complexity index is 738. The highest BCUT2D eigenvalue weighted by Crippen LogP contribution is 2.20. The van der Waals surface area contributed by atoms with Gasteiger partial charge in [0.1, 0.15) is 12.4 Å². The fourth-order valence-corrected chi connectivity index (χ4v) is 1.67. The van der Waals surface area contributed by atoms with Crippen LogP contribution in [0.2, 0.25) is 0 Å². The third-order valence-electron chi connectivity index (χ3n) is 2.72. The molecule has 1 N–H and O–H groups in total. The van der Waals surface area contributed by atoms with Crippen LogP contribution in [0.3, 0.4) is 0 Å². The van der Waals surface area contributed by atoms with Gasteiger partial charge in [-0.1, -0.05) is 6.07 Å². The molecule has 2 rings (SSSR count). The molecule has 0 radical (unpaired) electrons. The van der Waals surface area contributed by atoms with Crippen molar-refractivity contribution in [2.75, 3.05) is 0 Å². The minimum Gasteiger partial charge on any atom is -0.486 e. The van der Waals surface area contributed by atoms with Crippen molar-refractivity contribution in [2.45, 2.75) is 6.61 Å². The molecule has 0 saturated heterocycles. The Morgan fingerprint density at radius 3 is 2.52 bits per heavy atom. The van der Waals surface area contributed by atoms with Crippen LogP contribution in [0, 0.1) is 23.0 Å². The Hall–Kier alpha value is -2.94. The van der Waals surface area contributed by atoms with Gasteiger partial charge in [0, 0.05) is 0 Å². The number of carboxylic acid groups (broad SMARTS) is 1. The number of benzene rings is 2. The van der Waals surface area contributed by atoms with Crippen molar-refractivity contribution in [3.63, 3.8) is 0 Å². The molecule has 4 nitrogen and oxygen atoms in total. The van der Waals surface area contributed by atoms with E-state index in [1.165, 1.54) is 18.2 Å². The van der Waals surface area contributed by atoms with E-state index in [2.05, 4.69) is 0 Å². The van der Waals surface area contributed by atoms with Gasteiger partial charge in [0.15, 0.2) is 11.6 Å². The zero-order valence-corrected chi connectivity index (χ0v) is 10.6. The SMILES string of the molecule is N#Cc1ccc(OCc2ccc(C(=O)O)c(F)c2)c(F)c1. The van der Waals surface area contributed by atoms with E-state index in [9.17, 15) is 13.6 Å². The summed E-state index contributed by atoms with van der Waals surface area (Å²) in [6.07, 6.45) is 0. The Morgan fingerprint density at radius 2 is 1.95 bits per heavy atom. The number of nitrogens with zero attached hydrogens (tertiary/aromatic N) is 1. The third-order valence-corrected chi connectivity index (χ3v) is 2.72. The predicted octanol–water partition coefficient (Wildman–Crippen LogP) is 3.11. The summed E-state index contributed by atoms with van der Waals surface area (Å²) in [6, 6.07) is 9.04. The average Bonchev–Trinajstić information content (AvgIpc) is 2.45. The van der Waals surface area contributed by atoms with Gasteiger partial charge in [-0.15, -0.1) is 0 Å². The number of carbonyl (C=O) groups is 1. The van der Waals surface area contributed by atoms with Crippen LogP contribution in [0.5, 0.6) is 5.75 Å². The molecule has 0 fully saturated rings. The maximum atomic E-state index is 13.6. The third kappa shape index (κ3) is 3.34. The minimum atomic E-state index is -1.36. The van der Waals surface area contributed by atoms with E-state index >= 15 is 0 Å². The zero-order chi connectivity index (χ0) is 15.4. The van der Waals surface area contributed by atoms with Crippen LogP contribution >= 0.6 is 0 Å². The molecule has 0 aliphatic rings. The highest BCUT2D eigenvalue weighted by molar-refractivity contribution is 5.87. The summed E-state index contributed by atoms with van der Waals surface area (Å²) in [5.74, 6) is -3.02. The lowest BCUT2D eigenvalue weighted by atomic mass is 10.1. The highest BCUT2D eigenvalue weighted by atomic mass is 19.1. The Labute approximate surface area is 118 Å². The topological polar surface area (TPSA) is 70.3 Å². The first-order chi connectivity index (χ1) is 10.0. The van der Waals surface area contributed by atoms with Gasteiger partial charge in [-0.05, 0) is 35.9 Å². The second-order valence-corrected chi connectivity index (χ2v) is 4.17. The standard InChI is InChI=1S/C15H9F2NO3/c16-12-6-10(1-3-11(12)15(19)20)8-21-14-4-2-9(7-18)5-13(14)17/h1-6H,8H2,(H,19,20). The molecule has 0 unspecified atom stereocenters. The van der Waals surface area contributed by atoms with E-state index in [1.807, 2.05) is 0 Å². The normalized spacial score (nSPS) is 9.95. The summed E-state index contributed by atoms with van der Waals surface area (Å²) in [6.45, 7) is -0.125. The van der Waals surface area contributed by atoms with Crippen LogP contribution in [0.15, 0.2) is 36.4 Å². The summed E-state index contributed by atoms with van der Waals surface area (Å²) < 4.78 is 32.2. The Balaban J connectivity index is 2.12. The van der Waals surface area contributed by atoms with Crippen molar-refractivity contribution in [1.29, 1.82) is 5.26 Å². The van der Waals surface area contributed by atoms with Gasteiger partial charge < -0.3 is 9.84 Å². The number of halogens is 2. The van der Waals surface area contributed by atoms with Gasteiger partial charge >= 0.3 is 5.97 Å². The molecule has 0 heterocycles. The van der Waals surface area contributed by atoms with Crippen molar-refractivity contribution >= 4 is 5.97 Å². The highest BCUT2D eigenvalue weighted by Gasteiger charge is 2.11. The maximum Gasteiger partial charge on any atom is 0.338 e. The predicted molar refractivity (Wildman–Crippen MR) is 68.8 cm³/mol. The van der Waals surface area contributed by atoms with E-state index in [1.54, 1.807) is 6.07 Å². The summed E-state index contributed by atoms with van der Waals surface area (Å²) in [7, 11) is 0. The van der Waals surface area contributed by atoms with Crippen LogP contribution in [-0.2, 0) is 6.61 Å². The molecule has 6 heteroatoms. The van der Waals surface area contributed by atoms with Crippen molar-refractivity contribution in [3.8, 4) is 11.8 Å². The van der Waals surface area contributed by atoms with Crippen molar-refractivity contribution < 1.29 is 23.4 Å². The zero-order valence-electron chi connectivity index (χ0n) is 10.6. The van der Waals surface area contributed by atoms with E-state index in [-0.39, 0.29) is 17.9 Å². The van der Waals surface area contributed by atoms with Gasteiger partial charge in [0.05, 0.1) is 17.2 Å². The van der Waals surface area contributed by atoms with E-state index in [0.29, 0.717) is 5.56 Å². The van der Waals surface area contributed by atoms with Crippen molar-refractivity contribution in [3.05, 3.63) is 64.7 Å². The number of ether oxygens (including phenoxy) is 1. The number of nitriles is 1. The fraction of sp³-hybridized carbons (Fsp3) is 0.0667. The fourth-order valence-electron chi connectivity index (χ4n) is 1.67. The molecule has 0 atom stereocenters. The Morgan fingerprint density at radius 1 is 1.19 bits per heavy atom. The second kappa shape index (κ2) is 6.01. The molecule has 0 saturated carbocycles. The number of aromatic carboxylic acids is 1. The molecule has 0 bridgehead atoms. The maximum absolute atomic E-state index is 13.6. The van der Waals surface area contributed by atoms with Crippen LogP contribution in [0.4, 0.5) is 8.78 Å². The molecular formula is C15H9F2NO3. The lowest BCUT2D eigenvalue weighted by molar-refractivity contribution is 0.0692. The van der Waals surface area contributed by atoms with E-state index in [4.69, 9.17) is 15.1 Å². The summed E-state index contributed by atoms with van der Waals surface area (Å²) in [5, 5.41) is 17.3. The van der Waals surface area contributed by atoms with Crippen LogP contribution < -0.4 is 4.74 Å². The smallest absolute Gasteiger partial charge is 0.338 e. The van der Waals surface area contributed by atoms with Gasteiger partial charge in [-0.2, -0.15) is 5.26 Å². The monoisotopic (exact) mass is 289 g/mol. The van der Waals surface area contributed by atoms with Gasteiger partial charge in [0.25, 0.3) is 0 Å². The summed E-state index contributed by atoms with van der Waals surface area (Å²) >= 11 is 0. The first-order valence-corrected chi connectivity index (χ1v) is 5.85. The Kier molecular flexibility index (Phi) is 4.14. The van der Waals surface area contributed by atoms with Gasteiger partial charge in [-0.3, -0.25) is 0 Å². The van der Waals surface area contributed by atoms with E-state index in [0.717, 1.165) is 18.2 Å². The molecule has 0 spiro atoms. The van der Waals surface area contributed by atoms with Crippen LogP contribution in [-0.4, -0.2) is 11.1 Å². The molecule has 0 aliphatic heterocycles. The van der Waals surface area contributed by atoms with Crippen molar-refractivity contribution in [1.82, 2.24) is 0 Å². The number of hydrogen-bond donors (Lipinski definition) is 1. The first-order valence-electron chi connectivity index (χ1n) is 5.85. The first kappa shape index (κ1) is 14.5. The molecule has 21 heavy (non-hydrogen) atoms. The molecule has 106 valence electrons. The molecule has 0 amide bonds. The molecule has 2 aromatic rings. The van der Waals surface area contributed by atoms with Gasteiger partial charge in [0.2, 0.25) is 0 Å². The second-order valence-electron chi connectivity index (χ2n) is 4.17. The van der Waals surface area contributed by atoms with Crippen LogP contribution in [0.25, 0.3) is 0 Å². The van der Waals surface area contributed by atoms with Gasteiger partial charge in [-0.25, -0.2) is 13.6 Å². The van der Waals surface area contributed by atoms with E-state index < -0.39 is 23.2 Å².